The first kappa shape index (κ1) is 13.1. The summed E-state index contributed by atoms with van der Waals surface area (Å²) >= 11 is 0. The number of amides is 1. The number of hydrogen-bond donors (Lipinski definition) is 1. The van der Waals surface area contributed by atoms with Gasteiger partial charge in [0.2, 0.25) is 5.91 Å². The molecule has 0 radical (unpaired) electrons. The topological polar surface area (TPSA) is 75.7 Å². The Bertz CT molecular complexity index is 285. The Morgan fingerprint density at radius 3 is 2.50 bits per heavy atom. The predicted octanol–water partition coefficient (Wildman–Crippen LogP) is -1.66. The molecule has 0 bridgehead atoms. The molecule has 7 heteroatoms. The van der Waals surface area contributed by atoms with Gasteiger partial charge < -0.3 is 9.64 Å². The lowest BCUT2D eigenvalue weighted by atomic mass is 10.4. The fraction of sp³-hybridized carbons (Fsp3) is 0.778. The minimum Gasteiger partial charge on any atom is -0.468 e. The molecule has 16 heavy (non-hydrogen) atoms. The van der Waals surface area contributed by atoms with Crippen LogP contribution in [0.3, 0.4) is 0 Å². The molecular weight excluding hydrogens is 232 g/mol. The molecule has 0 aromatic rings. The standard InChI is InChI=1S/C9H16N2O4S/c1-15-9(13)7-10-6-8(12)11-2-4-16(14)5-3-11/h10H,2-7H2,1H3. The summed E-state index contributed by atoms with van der Waals surface area (Å²) in [7, 11) is 0.517. The van der Waals surface area contributed by atoms with E-state index >= 15 is 0 Å². The van der Waals surface area contributed by atoms with E-state index in [-0.39, 0.29) is 19.0 Å². The van der Waals surface area contributed by atoms with E-state index in [1.165, 1.54) is 7.11 Å². The third-order valence-electron chi connectivity index (χ3n) is 2.30. The second kappa shape index (κ2) is 6.59. The first-order valence-electron chi connectivity index (χ1n) is 5.03. The van der Waals surface area contributed by atoms with Crippen LogP contribution in [0, 0.1) is 0 Å². The van der Waals surface area contributed by atoms with E-state index in [2.05, 4.69) is 10.1 Å². The Labute approximate surface area is 96.8 Å². The molecular formula is C9H16N2O4S. The summed E-state index contributed by atoms with van der Waals surface area (Å²) < 4.78 is 15.5. The average molecular weight is 248 g/mol. The van der Waals surface area contributed by atoms with Gasteiger partial charge in [-0.05, 0) is 0 Å². The first-order chi connectivity index (χ1) is 7.63. The van der Waals surface area contributed by atoms with Crippen molar-refractivity contribution in [2.75, 3.05) is 44.8 Å². The van der Waals surface area contributed by atoms with Gasteiger partial charge in [0.15, 0.2) is 0 Å². The van der Waals surface area contributed by atoms with Gasteiger partial charge in [-0.15, -0.1) is 0 Å². The molecule has 1 N–H and O–H groups in total. The zero-order valence-corrected chi connectivity index (χ0v) is 10.0. The van der Waals surface area contributed by atoms with Crippen molar-refractivity contribution in [2.24, 2.45) is 0 Å². The van der Waals surface area contributed by atoms with E-state index in [1.54, 1.807) is 4.90 Å². The summed E-state index contributed by atoms with van der Waals surface area (Å²) in [5.74, 6) is 0.624. The van der Waals surface area contributed by atoms with Crippen molar-refractivity contribution >= 4 is 22.7 Å². The minimum absolute atomic E-state index is 0.0298. The monoisotopic (exact) mass is 248 g/mol. The largest absolute Gasteiger partial charge is 0.468 e. The van der Waals surface area contributed by atoms with Crippen LogP contribution in [0.1, 0.15) is 0 Å². The maximum absolute atomic E-state index is 11.6. The van der Waals surface area contributed by atoms with Gasteiger partial charge in [-0.1, -0.05) is 0 Å². The number of methoxy groups -OCH3 is 1. The van der Waals surface area contributed by atoms with E-state index in [9.17, 15) is 13.8 Å². The first-order valence-corrected chi connectivity index (χ1v) is 6.52. The molecule has 1 heterocycles. The lowest BCUT2D eigenvalue weighted by molar-refractivity contribution is -0.139. The molecule has 1 amide bonds. The Morgan fingerprint density at radius 1 is 1.31 bits per heavy atom. The number of carbonyl (C=O) groups excluding carboxylic acids is 2. The Hall–Kier alpha value is -0.950. The zero-order chi connectivity index (χ0) is 12.0. The zero-order valence-electron chi connectivity index (χ0n) is 9.23. The molecule has 1 aliphatic heterocycles. The van der Waals surface area contributed by atoms with Crippen LogP contribution in [-0.4, -0.2) is 65.8 Å². The summed E-state index contributed by atoms with van der Waals surface area (Å²) in [4.78, 5) is 24.0. The van der Waals surface area contributed by atoms with E-state index in [0.717, 1.165) is 0 Å². The van der Waals surface area contributed by atoms with Crippen LogP contribution in [0.2, 0.25) is 0 Å². The van der Waals surface area contributed by atoms with Crippen molar-refractivity contribution in [3.8, 4) is 0 Å². The SMILES string of the molecule is COC(=O)CNCC(=O)N1CCS(=O)CC1. The van der Waals surface area contributed by atoms with Gasteiger partial charge in [0.1, 0.15) is 0 Å². The Morgan fingerprint density at radius 2 is 1.94 bits per heavy atom. The van der Waals surface area contributed by atoms with Crippen molar-refractivity contribution in [3.05, 3.63) is 0 Å². The molecule has 0 aliphatic carbocycles. The second-order valence-corrected chi connectivity index (χ2v) is 5.10. The average Bonchev–Trinajstić information content (AvgIpc) is 2.29. The van der Waals surface area contributed by atoms with E-state index in [0.29, 0.717) is 24.6 Å². The number of rotatable bonds is 4. The highest BCUT2D eigenvalue weighted by Crippen LogP contribution is 1.99. The van der Waals surface area contributed by atoms with Gasteiger partial charge in [0, 0.05) is 35.4 Å². The molecule has 0 aromatic heterocycles. The molecule has 6 nitrogen and oxygen atoms in total. The summed E-state index contributed by atoms with van der Waals surface area (Å²) in [5, 5.41) is 2.70. The predicted molar refractivity (Wildman–Crippen MR) is 59.3 cm³/mol. The molecule has 0 unspecified atom stereocenters. The highest BCUT2D eigenvalue weighted by molar-refractivity contribution is 7.85. The van der Waals surface area contributed by atoms with Gasteiger partial charge >= 0.3 is 5.97 Å². The van der Waals surface area contributed by atoms with Gasteiger partial charge in [-0.2, -0.15) is 0 Å². The summed E-state index contributed by atoms with van der Waals surface area (Å²) in [5.41, 5.74) is 0. The molecule has 1 rings (SSSR count). The van der Waals surface area contributed by atoms with Crippen molar-refractivity contribution in [1.82, 2.24) is 10.2 Å². The molecule has 0 spiro atoms. The van der Waals surface area contributed by atoms with E-state index in [4.69, 9.17) is 0 Å². The van der Waals surface area contributed by atoms with Crippen LogP contribution < -0.4 is 5.32 Å². The van der Waals surface area contributed by atoms with Crippen LogP contribution in [0.15, 0.2) is 0 Å². The smallest absolute Gasteiger partial charge is 0.319 e. The normalized spacial score (nSPS) is 17.2. The van der Waals surface area contributed by atoms with Gasteiger partial charge in [0.25, 0.3) is 0 Å². The highest BCUT2D eigenvalue weighted by atomic mass is 32.2. The van der Waals surface area contributed by atoms with Crippen LogP contribution in [0.5, 0.6) is 0 Å². The summed E-state index contributed by atoms with van der Waals surface area (Å²) in [6.45, 7) is 1.21. The van der Waals surface area contributed by atoms with Gasteiger partial charge in [0.05, 0.1) is 20.2 Å². The number of carbonyl (C=O) groups is 2. The van der Waals surface area contributed by atoms with Crippen molar-refractivity contribution in [1.29, 1.82) is 0 Å². The lowest BCUT2D eigenvalue weighted by Gasteiger charge is -2.26. The van der Waals surface area contributed by atoms with Crippen molar-refractivity contribution < 1.29 is 18.5 Å². The molecule has 1 fully saturated rings. The molecule has 0 saturated carbocycles. The molecule has 0 atom stereocenters. The molecule has 1 aliphatic rings. The number of ether oxygens (including phenoxy) is 1. The number of esters is 1. The van der Waals surface area contributed by atoms with Gasteiger partial charge in [-0.3, -0.25) is 19.1 Å². The molecule has 0 aromatic carbocycles. The van der Waals surface area contributed by atoms with Gasteiger partial charge in [-0.25, -0.2) is 0 Å². The summed E-state index contributed by atoms with van der Waals surface area (Å²) in [6, 6.07) is 0. The lowest BCUT2D eigenvalue weighted by Crippen LogP contribution is -2.46. The Balaban J connectivity index is 2.20. The quantitative estimate of drug-likeness (QED) is 0.603. The number of hydrogen-bond acceptors (Lipinski definition) is 5. The molecule has 92 valence electrons. The fourth-order valence-corrected chi connectivity index (χ4v) is 2.39. The van der Waals surface area contributed by atoms with Crippen LogP contribution in [-0.2, 0) is 25.1 Å². The fourth-order valence-electron chi connectivity index (χ4n) is 1.34. The van der Waals surface area contributed by atoms with Crippen molar-refractivity contribution in [2.45, 2.75) is 0 Å². The van der Waals surface area contributed by atoms with Crippen LogP contribution in [0.4, 0.5) is 0 Å². The highest BCUT2D eigenvalue weighted by Gasteiger charge is 2.19. The number of nitrogens with zero attached hydrogens (tertiary/aromatic N) is 1. The van der Waals surface area contributed by atoms with Crippen molar-refractivity contribution in [3.63, 3.8) is 0 Å². The van der Waals surface area contributed by atoms with Crippen LogP contribution in [0.25, 0.3) is 0 Å². The third kappa shape index (κ3) is 4.28. The second-order valence-electron chi connectivity index (χ2n) is 3.41. The van der Waals surface area contributed by atoms with Crippen LogP contribution >= 0.6 is 0 Å². The maximum Gasteiger partial charge on any atom is 0.319 e. The van der Waals surface area contributed by atoms with E-state index in [1.807, 2.05) is 0 Å². The Kier molecular flexibility index (Phi) is 5.41. The summed E-state index contributed by atoms with van der Waals surface area (Å²) in [6.07, 6.45) is 0. The van der Waals surface area contributed by atoms with E-state index < -0.39 is 16.8 Å². The third-order valence-corrected chi connectivity index (χ3v) is 3.58. The minimum atomic E-state index is -0.780. The number of nitrogens with one attached hydrogen (secondary N) is 1. The molecule has 1 saturated heterocycles. The maximum atomic E-state index is 11.6.